The smallest absolute Gasteiger partial charge is 0.428 e. The van der Waals surface area contributed by atoms with Crippen molar-refractivity contribution in [3.05, 3.63) is 40.9 Å². The van der Waals surface area contributed by atoms with Crippen LogP contribution in [-0.4, -0.2) is 29.5 Å². The van der Waals surface area contributed by atoms with E-state index in [0.717, 1.165) is 6.08 Å². The second kappa shape index (κ2) is 6.95. The molecule has 0 saturated heterocycles. The lowest BCUT2D eigenvalue weighted by Crippen LogP contribution is -2.52. The highest BCUT2D eigenvalue weighted by Gasteiger charge is 2.59. The zero-order valence-electron chi connectivity index (χ0n) is 11.2. The third-order valence-corrected chi connectivity index (χ3v) is 2.89. The second-order valence-corrected chi connectivity index (χ2v) is 4.68. The fourth-order valence-corrected chi connectivity index (χ4v) is 1.74. The Hall–Kier alpha value is -1.53. The van der Waals surface area contributed by atoms with Crippen molar-refractivity contribution in [2.24, 2.45) is 0 Å². The van der Waals surface area contributed by atoms with Crippen molar-refractivity contribution in [2.45, 2.75) is 25.1 Å². The molecule has 21 heavy (non-hydrogen) atoms. The Morgan fingerprint density at radius 2 is 2.10 bits per heavy atom. The fraction of sp³-hybridized carbons (Fsp3) is 0.357. The molecule has 7 heteroatoms. The second-order valence-electron chi connectivity index (χ2n) is 4.24. The molecular formula is C14H14ClF3O3. The van der Waals surface area contributed by atoms with Gasteiger partial charge in [0.15, 0.2) is 0 Å². The maximum atomic E-state index is 12.9. The summed E-state index contributed by atoms with van der Waals surface area (Å²) in [5.74, 6) is -1.71. The number of carbonyl (C=O) groups excluding carboxylic acids is 1. The summed E-state index contributed by atoms with van der Waals surface area (Å²) in [6.07, 6.45) is -3.68. The zero-order valence-corrected chi connectivity index (χ0v) is 11.9. The summed E-state index contributed by atoms with van der Waals surface area (Å²) in [6, 6.07) is 6.40. The molecule has 0 aliphatic rings. The number of ether oxygens (including phenoxy) is 1. The number of esters is 1. The standard InChI is InChI=1S/C14H14ClF3O3/c1-2-21-12(19)13(20,14(16,17)18)8-4-6-10-5-3-7-11(15)9-10/h3-7,9,20H,2,8H2,1H3. The number of benzene rings is 1. The molecule has 1 aromatic carbocycles. The maximum Gasteiger partial charge on any atom is 0.428 e. The molecule has 0 aliphatic carbocycles. The molecule has 0 fully saturated rings. The summed E-state index contributed by atoms with van der Waals surface area (Å²) in [5, 5.41) is 10.0. The number of rotatable bonds is 5. The number of hydrogen-bond donors (Lipinski definition) is 1. The molecule has 0 bridgehead atoms. The Kier molecular flexibility index (Phi) is 5.80. The van der Waals surface area contributed by atoms with E-state index < -0.39 is 24.2 Å². The minimum Gasteiger partial charge on any atom is -0.464 e. The zero-order chi connectivity index (χ0) is 16.1. The van der Waals surface area contributed by atoms with E-state index in [1.165, 1.54) is 19.1 Å². The molecule has 1 N–H and O–H groups in total. The van der Waals surface area contributed by atoms with E-state index in [0.29, 0.717) is 10.6 Å². The molecule has 0 aromatic heterocycles. The number of aliphatic hydroxyl groups is 1. The van der Waals surface area contributed by atoms with Crippen LogP contribution in [0.15, 0.2) is 30.3 Å². The van der Waals surface area contributed by atoms with E-state index in [2.05, 4.69) is 4.74 Å². The molecule has 116 valence electrons. The summed E-state index contributed by atoms with van der Waals surface area (Å²) in [5.41, 5.74) is -3.01. The number of hydrogen-bond acceptors (Lipinski definition) is 3. The van der Waals surface area contributed by atoms with Gasteiger partial charge in [-0.05, 0) is 24.6 Å². The van der Waals surface area contributed by atoms with Crippen LogP contribution in [0.25, 0.3) is 6.08 Å². The molecule has 0 amide bonds. The third kappa shape index (κ3) is 4.47. The van der Waals surface area contributed by atoms with Crippen LogP contribution in [-0.2, 0) is 9.53 Å². The predicted octanol–water partition coefficient (Wildman–Crippen LogP) is 3.60. The molecule has 0 aliphatic heterocycles. The van der Waals surface area contributed by atoms with Crippen LogP contribution >= 0.6 is 11.6 Å². The van der Waals surface area contributed by atoms with Crippen molar-refractivity contribution in [2.75, 3.05) is 6.61 Å². The van der Waals surface area contributed by atoms with E-state index in [1.807, 2.05) is 0 Å². The molecular weight excluding hydrogens is 309 g/mol. The largest absolute Gasteiger partial charge is 0.464 e. The van der Waals surface area contributed by atoms with Gasteiger partial charge in [0.05, 0.1) is 6.61 Å². The lowest BCUT2D eigenvalue weighted by molar-refractivity contribution is -0.261. The Morgan fingerprint density at radius 3 is 2.62 bits per heavy atom. The third-order valence-electron chi connectivity index (χ3n) is 2.65. The van der Waals surface area contributed by atoms with Crippen LogP contribution in [0.4, 0.5) is 13.2 Å². The summed E-state index contributed by atoms with van der Waals surface area (Å²) in [7, 11) is 0. The molecule has 3 nitrogen and oxygen atoms in total. The summed E-state index contributed by atoms with van der Waals surface area (Å²) in [6.45, 7) is 1.10. The van der Waals surface area contributed by atoms with Gasteiger partial charge in [-0.3, -0.25) is 0 Å². The first-order chi connectivity index (χ1) is 9.70. The lowest BCUT2D eigenvalue weighted by atomic mass is 9.98. The first kappa shape index (κ1) is 17.5. The normalized spacial score (nSPS) is 15.0. The Balaban J connectivity index is 2.90. The Morgan fingerprint density at radius 1 is 1.43 bits per heavy atom. The van der Waals surface area contributed by atoms with Gasteiger partial charge in [0.1, 0.15) is 0 Å². The summed E-state index contributed by atoms with van der Waals surface area (Å²) >= 11 is 5.74. The van der Waals surface area contributed by atoms with Crippen molar-refractivity contribution in [3.8, 4) is 0 Å². The van der Waals surface area contributed by atoms with Crippen molar-refractivity contribution < 1.29 is 27.8 Å². The van der Waals surface area contributed by atoms with Crippen molar-refractivity contribution >= 4 is 23.6 Å². The van der Waals surface area contributed by atoms with Gasteiger partial charge < -0.3 is 9.84 Å². The maximum absolute atomic E-state index is 12.9. The summed E-state index contributed by atoms with van der Waals surface area (Å²) < 4.78 is 42.9. The van der Waals surface area contributed by atoms with E-state index in [4.69, 9.17) is 11.6 Å². The average Bonchev–Trinajstić information content (AvgIpc) is 2.37. The topological polar surface area (TPSA) is 46.5 Å². The average molecular weight is 323 g/mol. The highest BCUT2D eigenvalue weighted by molar-refractivity contribution is 6.30. The van der Waals surface area contributed by atoms with Crippen LogP contribution in [0.5, 0.6) is 0 Å². The molecule has 0 heterocycles. The highest BCUT2D eigenvalue weighted by atomic mass is 35.5. The quantitative estimate of drug-likeness (QED) is 0.843. The minimum atomic E-state index is -5.13. The first-order valence-electron chi connectivity index (χ1n) is 6.09. The first-order valence-corrected chi connectivity index (χ1v) is 6.47. The molecule has 1 rings (SSSR count). The van der Waals surface area contributed by atoms with Gasteiger partial charge in [0.25, 0.3) is 5.60 Å². The molecule has 0 radical (unpaired) electrons. The highest BCUT2D eigenvalue weighted by Crippen LogP contribution is 2.35. The van der Waals surface area contributed by atoms with Gasteiger partial charge in [-0.1, -0.05) is 35.9 Å². The van der Waals surface area contributed by atoms with Gasteiger partial charge in [-0.25, -0.2) is 4.79 Å². The Bertz CT molecular complexity index is 528. The number of alkyl halides is 3. The molecule has 1 atom stereocenters. The Labute approximate surface area is 125 Å². The minimum absolute atomic E-state index is 0.255. The SMILES string of the molecule is CCOC(=O)C(O)(CC=Cc1cccc(Cl)c1)C(F)(F)F. The monoisotopic (exact) mass is 322 g/mol. The van der Waals surface area contributed by atoms with Crippen molar-refractivity contribution in [1.82, 2.24) is 0 Å². The van der Waals surface area contributed by atoms with Crippen LogP contribution in [0.3, 0.4) is 0 Å². The number of carbonyl (C=O) groups is 1. The molecule has 0 saturated carbocycles. The molecule has 1 aromatic rings. The van der Waals surface area contributed by atoms with Gasteiger partial charge in [0, 0.05) is 11.4 Å². The lowest BCUT2D eigenvalue weighted by Gasteiger charge is -2.26. The van der Waals surface area contributed by atoms with Crippen LogP contribution in [0, 0.1) is 0 Å². The van der Waals surface area contributed by atoms with Crippen LogP contribution in [0.1, 0.15) is 18.9 Å². The fourth-order valence-electron chi connectivity index (χ4n) is 1.54. The van der Waals surface area contributed by atoms with E-state index in [9.17, 15) is 23.1 Å². The van der Waals surface area contributed by atoms with Gasteiger partial charge in [-0.15, -0.1) is 0 Å². The van der Waals surface area contributed by atoms with Crippen LogP contribution in [0.2, 0.25) is 5.02 Å². The van der Waals surface area contributed by atoms with Crippen molar-refractivity contribution in [1.29, 1.82) is 0 Å². The number of halogens is 4. The van der Waals surface area contributed by atoms with E-state index in [1.54, 1.807) is 18.2 Å². The van der Waals surface area contributed by atoms with E-state index in [-0.39, 0.29) is 6.61 Å². The molecule has 1 unspecified atom stereocenters. The summed E-state index contributed by atoms with van der Waals surface area (Å²) in [4.78, 5) is 11.4. The van der Waals surface area contributed by atoms with Gasteiger partial charge in [0.2, 0.25) is 0 Å². The van der Waals surface area contributed by atoms with Gasteiger partial charge >= 0.3 is 12.1 Å². The van der Waals surface area contributed by atoms with Crippen molar-refractivity contribution in [3.63, 3.8) is 0 Å². The van der Waals surface area contributed by atoms with E-state index >= 15 is 0 Å². The van der Waals surface area contributed by atoms with Crippen LogP contribution < -0.4 is 0 Å². The predicted molar refractivity (Wildman–Crippen MR) is 72.7 cm³/mol. The van der Waals surface area contributed by atoms with Gasteiger partial charge in [-0.2, -0.15) is 13.2 Å². The molecule has 0 spiro atoms.